The third-order valence-electron chi connectivity index (χ3n) is 10.2. The number of carbonyl (C=O) groups excluding carboxylic acids is 1. The van der Waals surface area contributed by atoms with E-state index in [2.05, 4.69) is 43.1 Å². The molecular formula is C34H42FN7O2. The summed E-state index contributed by atoms with van der Waals surface area (Å²) in [4.78, 5) is 25.8. The molecule has 1 amide bonds. The van der Waals surface area contributed by atoms with Crippen LogP contribution in [0.25, 0.3) is 22.3 Å². The Bertz CT molecular complexity index is 1720. The topological polar surface area (TPSA) is 101 Å². The largest absolute Gasteiger partial charge is 0.390 e. The van der Waals surface area contributed by atoms with Gasteiger partial charge in [-0.15, -0.1) is 0 Å². The minimum atomic E-state index is -0.697. The summed E-state index contributed by atoms with van der Waals surface area (Å²) in [6.07, 6.45) is 9.38. The van der Waals surface area contributed by atoms with Gasteiger partial charge in [0.05, 0.1) is 28.4 Å². The number of pyridine rings is 1. The van der Waals surface area contributed by atoms with Crippen molar-refractivity contribution >= 4 is 22.9 Å². The number of halogens is 1. The van der Waals surface area contributed by atoms with Crippen molar-refractivity contribution in [1.82, 2.24) is 29.2 Å². The number of fused-ring (bicyclic) bond motifs is 1. The number of hydrogen-bond donors (Lipinski definition) is 2. The second kappa shape index (κ2) is 11.1. The minimum Gasteiger partial charge on any atom is -0.390 e. The van der Waals surface area contributed by atoms with Crippen molar-refractivity contribution < 1.29 is 14.3 Å². The van der Waals surface area contributed by atoms with E-state index in [1.54, 1.807) is 24.9 Å². The number of anilines is 1. The Morgan fingerprint density at radius 2 is 1.75 bits per heavy atom. The minimum absolute atomic E-state index is 0.0563. The van der Waals surface area contributed by atoms with Gasteiger partial charge < -0.3 is 14.6 Å². The highest BCUT2D eigenvalue weighted by molar-refractivity contribution is 6.05. The number of piperidine rings is 1. The fraction of sp³-hybridized carbons (Fsp3) is 0.529. The normalized spacial score (nSPS) is 23.4. The third kappa shape index (κ3) is 5.43. The molecule has 3 fully saturated rings. The zero-order chi connectivity index (χ0) is 30.7. The number of nitrogens with zero attached hydrogens (tertiary/aromatic N) is 6. The Labute approximate surface area is 257 Å². The molecule has 0 atom stereocenters. The molecule has 1 aliphatic heterocycles. The van der Waals surface area contributed by atoms with E-state index in [1.165, 1.54) is 24.5 Å². The zero-order valence-corrected chi connectivity index (χ0v) is 26.1. The Morgan fingerprint density at radius 3 is 2.41 bits per heavy atom. The molecule has 7 rings (SSSR count). The van der Waals surface area contributed by atoms with Crippen LogP contribution in [-0.2, 0) is 7.05 Å². The molecule has 2 saturated carbocycles. The number of aromatic nitrogens is 5. The van der Waals surface area contributed by atoms with Crippen molar-refractivity contribution in [1.29, 1.82) is 0 Å². The summed E-state index contributed by atoms with van der Waals surface area (Å²) in [5, 5.41) is 17.9. The van der Waals surface area contributed by atoms with Crippen LogP contribution in [0.5, 0.6) is 0 Å². The van der Waals surface area contributed by atoms with Gasteiger partial charge in [-0.3, -0.25) is 14.8 Å². The molecule has 44 heavy (non-hydrogen) atoms. The standard InChI is InChI=1S/C34H42FN7O2/c1-20-17-26(30(35)31(37-20)27-19-36-40(4)21(27)2)32(43)39-33-38-28-18-23(22-11-15-41(16-12-22)24-6-7-24)5-8-29(28)42(33)25-9-13-34(3,44)14-10-25/h5,8,17-19,22,24-25,44H,6-7,9-16H2,1-4H3,(H,38,39,43). The maximum Gasteiger partial charge on any atom is 0.261 e. The Balaban J connectivity index is 1.22. The maximum absolute atomic E-state index is 15.9. The quantitative estimate of drug-likeness (QED) is 0.280. The van der Waals surface area contributed by atoms with E-state index in [1.807, 2.05) is 13.8 Å². The van der Waals surface area contributed by atoms with Gasteiger partial charge in [0.25, 0.3) is 5.91 Å². The van der Waals surface area contributed by atoms with Crippen LogP contribution in [0.15, 0.2) is 30.5 Å². The summed E-state index contributed by atoms with van der Waals surface area (Å²) < 4.78 is 19.7. The van der Waals surface area contributed by atoms with Crippen molar-refractivity contribution in [2.75, 3.05) is 18.4 Å². The lowest BCUT2D eigenvalue weighted by atomic mass is 9.83. The summed E-state index contributed by atoms with van der Waals surface area (Å²) in [6.45, 7) is 7.77. The van der Waals surface area contributed by atoms with Crippen LogP contribution < -0.4 is 5.32 Å². The van der Waals surface area contributed by atoms with E-state index in [0.717, 1.165) is 61.5 Å². The fourth-order valence-corrected chi connectivity index (χ4v) is 7.25. The summed E-state index contributed by atoms with van der Waals surface area (Å²) in [5.41, 5.74) is 4.26. The number of carbonyl (C=O) groups is 1. The predicted molar refractivity (Wildman–Crippen MR) is 168 cm³/mol. The van der Waals surface area contributed by atoms with Crippen LogP contribution in [0, 0.1) is 19.7 Å². The SMILES string of the molecule is Cc1cc(C(=O)Nc2nc3cc(C4CCN(C5CC5)CC4)ccc3n2C2CCC(C)(O)CC2)c(F)c(-c2cnn(C)c2C)n1. The summed E-state index contributed by atoms with van der Waals surface area (Å²) >= 11 is 0. The van der Waals surface area contributed by atoms with Crippen molar-refractivity contribution in [2.24, 2.45) is 7.05 Å². The third-order valence-corrected chi connectivity index (χ3v) is 10.2. The van der Waals surface area contributed by atoms with Gasteiger partial charge in [-0.1, -0.05) is 6.07 Å². The Morgan fingerprint density at radius 1 is 1.02 bits per heavy atom. The van der Waals surface area contributed by atoms with Gasteiger partial charge in [0.1, 0.15) is 5.69 Å². The highest BCUT2D eigenvalue weighted by atomic mass is 19.1. The first-order valence-electron chi connectivity index (χ1n) is 16.0. The Kier molecular flexibility index (Phi) is 7.32. The van der Waals surface area contributed by atoms with Crippen molar-refractivity contribution in [3.05, 3.63) is 58.8 Å². The average molecular weight is 600 g/mol. The lowest BCUT2D eigenvalue weighted by Crippen LogP contribution is -2.34. The molecule has 0 bridgehead atoms. The summed E-state index contributed by atoms with van der Waals surface area (Å²) in [5.74, 6) is -0.348. The van der Waals surface area contributed by atoms with Crippen molar-refractivity contribution in [2.45, 2.75) is 95.7 Å². The first-order chi connectivity index (χ1) is 21.1. The zero-order valence-electron chi connectivity index (χ0n) is 26.1. The maximum atomic E-state index is 15.9. The van der Waals surface area contributed by atoms with Gasteiger partial charge in [0.2, 0.25) is 5.95 Å². The number of aryl methyl sites for hydroxylation is 2. The molecule has 2 aliphatic carbocycles. The first kappa shape index (κ1) is 29.1. The van der Waals surface area contributed by atoms with Gasteiger partial charge in [0.15, 0.2) is 5.82 Å². The smallest absolute Gasteiger partial charge is 0.261 e. The summed E-state index contributed by atoms with van der Waals surface area (Å²) in [7, 11) is 1.79. The molecule has 1 saturated heterocycles. The molecule has 0 radical (unpaired) electrons. The second-order valence-corrected chi connectivity index (χ2v) is 13.5. The van der Waals surface area contributed by atoms with Gasteiger partial charge in [-0.05, 0) is 115 Å². The first-order valence-corrected chi connectivity index (χ1v) is 16.0. The molecule has 232 valence electrons. The number of imidazole rings is 1. The van der Waals surface area contributed by atoms with Gasteiger partial charge in [-0.2, -0.15) is 5.10 Å². The highest BCUT2D eigenvalue weighted by Gasteiger charge is 2.34. The van der Waals surface area contributed by atoms with E-state index in [-0.39, 0.29) is 17.3 Å². The lowest BCUT2D eigenvalue weighted by molar-refractivity contribution is 0.0106. The molecule has 4 heterocycles. The number of nitrogens with one attached hydrogen (secondary N) is 1. The molecule has 3 aromatic heterocycles. The molecule has 0 unspecified atom stereocenters. The number of rotatable bonds is 6. The number of hydrogen-bond acceptors (Lipinski definition) is 6. The molecule has 10 heteroatoms. The monoisotopic (exact) mass is 599 g/mol. The Hall–Kier alpha value is -3.63. The number of likely N-dealkylation sites (tertiary alicyclic amines) is 1. The van der Waals surface area contributed by atoms with Gasteiger partial charge >= 0.3 is 0 Å². The van der Waals surface area contributed by atoms with Crippen LogP contribution >= 0.6 is 0 Å². The fourth-order valence-electron chi connectivity index (χ4n) is 7.25. The lowest BCUT2D eigenvalue weighted by Gasteiger charge is -2.34. The molecule has 2 N–H and O–H groups in total. The average Bonchev–Trinajstić information content (AvgIpc) is 3.72. The molecule has 9 nitrogen and oxygen atoms in total. The number of aliphatic hydroxyl groups is 1. The summed E-state index contributed by atoms with van der Waals surface area (Å²) in [6, 6.07) is 8.87. The van der Waals surface area contributed by atoms with Crippen LogP contribution in [0.1, 0.15) is 97.6 Å². The number of amides is 1. The van der Waals surface area contributed by atoms with Crippen LogP contribution in [0.4, 0.5) is 10.3 Å². The second-order valence-electron chi connectivity index (χ2n) is 13.5. The predicted octanol–water partition coefficient (Wildman–Crippen LogP) is 6.05. The molecule has 0 spiro atoms. The van der Waals surface area contributed by atoms with E-state index < -0.39 is 17.3 Å². The van der Waals surface area contributed by atoms with Crippen LogP contribution in [0.3, 0.4) is 0 Å². The van der Waals surface area contributed by atoms with Gasteiger partial charge in [0, 0.05) is 36.1 Å². The van der Waals surface area contributed by atoms with Gasteiger partial charge in [-0.25, -0.2) is 14.4 Å². The highest BCUT2D eigenvalue weighted by Crippen LogP contribution is 2.40. The van der Waals surface area contributed by atoms with E-state index >= 15 is 4.39 Å². The molecule has 1 aromatic carbocycles. The van der Waals surface area contributed by atoms with Crippen LogP contribution in [0.2, 0.25) is 0 Å². The molecule has 4 aromatic rings. The van der Waals surface area contributed by atoms with E-state index in [9.17, 15) is 9.90 Å². The van der Waals surface area contributed by atoms with E-state index in [4.69, 9.17) is 4.98 Å². The molecule has 3 aliphatic rings. The van der Waals surface area contributed by atoms with Crippen molar-refractivity contribution in [3.8, 4) is 11.3 Å². The van der Waals surface area contributed by atoms with Crippen molar-refractivity contribution in [3.63, 3.8) is 0 Å². The van der Waals surface area contributed by atoms with E-state index in [0.29, 0.717) is 36.0 Å². The van der Waals surface area contributed by atoms with Crippen LogP contribution in [-0.4, -0.2) is 65.0 Å². The molecular weight excluding hydrogens is 557 g/mol. The number of benzene rings is 1.